The Hall–Kier alpha value is -1.27. The Bertz CT molecular complexity index is 1070. The summed E-state index contributed by atoms with van der Waals surface area (Å²) in [5.41, 5.74) is 0. The van der Waals surface area contributed by atoms with Crippen molar-refractivity contribution in [3.05, 3.63) is 12.2 Å². The van der Waals surface area contributed by atoms with E-state index in [0.717, 1.165) is 38.5 Å². The van der Waals surface area contributed by atoms with E-state index in [-0.39, 0.29) is 18.9 Å². The SMILES string of the molecule is CCCCCCCCCC/C=C/C(O)C(COC1OC(CO)C(OC2OC(CO)C(O)C(O)C2O)C(O)C1O)NC(=O)CCCCCCCCCCCCCCCCCC. The van der Waals surface area contributed by atoms with Crippen LogP contribution < -0.4 is 5.32 Å². The first-order chi connectivity index (χ1) is 29.1. The molecule has 2 heterocycles. The van der Waals surface area contributed by atoms with Crippen LogP contribution in [0.15, 0.2) is 12.2 Å². The van der Waals surface area contributed by atoms with E-state index in [4.69, 9.17) is 18.9 Å². The van der Waals surface area contributed by atoms with Gasteiger partial charge in [0, 0.05) is 6.42 Å². The summed E-state index contributed by atoms with van der Waals surface area (Å²) in [7, 11) is 0. The number of allylic oxidation sites excluding steroid dienone is 1. The van der Waals surface area contributed by atoms with Gasteiger partial charge in [0.2, 0.25) is 5.91 Å². The third-order valence-electron chi connectivity index (χ3n) is 12.0. The first-order valence-corrected chi connectivity index (χ1v) is 23.9. The first kappa shape index (κ1) is 54.9. The Kier molecular flexibility index (Phi) is 31.3. The molecule has 12 atom stereocenters. The molecule has 354 valence electrons. The smallest absolute Gasteiger partial charge is 0.220 e. The van der Waals surface area contributed by atoms with Crippen LogP contribution >= 0.6 is 0 Å². The van der Waals surface area contributed by atoms with Crippen molar-refractivity contribution in [2.45, 2.75) is 254 Å². The zero-order valence-electron chi connectivity index (χ0n) is 37.2. The average molecular weight is 862 g/mol. The van der Waals surface area contributed by atoms with Crippen LogP contribution in [0, 0.1) is 0 Å². The molecule has 60 heavy (non-hydrogen) atoms. The van der Waals surface area contributed by atoms with Crippen LogP contribution in [0.3, 0.4) is 0 Å². The minimum atomic E-state index is -1.78. The lowest BCUT2D eigenvalue weighted by atomic mass is 9.97. The number of hydrogen-bond acceptors (Lipinski definition) is 13. The maximum atomic E-state index is 13.1. The highest BCUT2D eigenvalue weighted by Crippen LogP contribution is 2.30. The molecule has 2 aliphatic rings. The molecule has 0 radical (unpaired) electrons. The third-order valence-corrected chi connectivity index (χ3v) is 12.0. The molecule has 2 fully saturated rings. The molecular formula is C46H87NO13. The van der Waals surface area contributed by atoms with Gasteiger partial charge in [0.05, 0.1) is 32.0 Å². The van der Waals surface area contributed by atoms with E-state index in [1.165, 1.54) is 116 Å². The monoisotopic (exact) mass is 862 g/mol. The molecule has 0 bridgehead atoms. The summed E-state index contributed by atoms with van der Waals surface area (Å²) in [5, 5.41) is 86.4. The van der Waals surface area contributed by atoms with E-state index in [1.807, 2.05) is 6.08 Å². The predicted molar refractivity (Wildman–Crippen MR) is 231 cm³/mol. The molecule has 2 saturated heterocycles. The largest absolute Gasteiger partial charge is 0.394 e. The Morgan fingerprint density at radius 3 is 1.53 bits per heavy atom. The van der Waals surface area contributed by atoms with Crippen molar-refractivity contribution in [2.75, 3.05) is 19.8 Å². The highest BCUT2D eigenvalue weighted by Gasteiger charge is 2.51. The van der Waals surface area contributed by atoms with Crippen molar-refractivity contribution in [2.24, 2.45) is 0 Å². The van der Waals surface area contributed by atoms with Crippen molar-refractivity contribution in [1.82, 2.24) is 5.32 Å². The lowest BCUT2D eigenvalue weighted by molar-refractivity contribution is -0.359. The molecule has 0 aliphatic carbocycles. The van der Waals surface area contributed by atoms with Crippen molar-refractivity contribution < 1.29 is 64.6 Å². The minimum Gasteiger partial charge on any atom is -0.394 e. The van der Waals surface area contributed by atoms with E-state index in [1.54, 1.807) is 6.08 Å². The lowest BCUT2D eigenvalue weighted by Crippen LogP contribution is -2.65. The summed E-state index contributed by atoms with van der Waals surface area (Å²) in [6, 6.07) is -0.906. The van der Waals surface area contributed by atoms with Crippen LogP contribution in [-0.2, 0) is 23.7 Å². The van der Waals surface area contributed by atoms with E-state index in [0.29, 0.717) is 6.42 Å². The number of unbranched alkanes of at least 4 members (excludes halogenated alkanes) is 23. The molecule has 0 aromatic heterocycles. The Morgan fingerprint density at radius 2 is 1.03 bits per heavy atom. The van der Waals surface area contributed by atoms with Crippen molar-refractivity contribution in [3.63, 3.8) is 0 Å². The standard InChI is InChI=1S/C46H87NO13/c1-3-5-7-9-11-13-15-16-17-18-19-20-22-24-26-28-30-38(51)47-34(35(50)29-27-25-23-21-14-12-10-8-6-4-2)33-57-45-43(56)41(54)44(37(32-49)59-45)60-46-42(55)40(53)39(52)36(31-48)58-46/h27,29,34-37,39-46,48-50,52-56H,3-26,28,30-33H2,1-2H3,(H,47,51)/b29-27+. The molecular weight excluding hydrogens is 774 g/mol. The minimum absolute atomic E-state index is 0.240. The molecule has 0 aromatic carbocycles. The fraction of sp³-hybridized carbons (Fsp3) is 0.935. The van der Waals surface area contributed by atoms with Gasteiger partial charge in [-0.2, -0.15) is 0 Å². The third kappa shape index (κ3) is 21.9. The molecule has 2 aliphatic heterocycles. The van der Waals surface area contributed by atoms with Gasteiger partial charge in [-0.25, -0.2) is 0 Å². The van der Waals surface area contributed by atoms with Crippen LogP contribution in [-0.4, -0.2) is 140 Å². The molecule has 12 unspecified atom stereocenters. The van der Waals surface area contributed by atoms with Crippen LogP contribution in [0.4, 0.5) is 0 Å². The average Bonchev–Trinajstić information content (AvgIpc) is 3.24. The van der Waals surface area contributed by atoms with Crippen molar-refractivity contribution >= 4 is 5.91 Å². The van der Waals surface area contributed by atoms with Gasteiger partial charge in [-0.15, -0.1) is 0 Å². The number of carbonyl (C=O) groups excluding carboxylic acids is 1. The fourth-order valence-corrected chi connectivity index (χ4v) is 8.00. The lowest BCUT2D eigenvalue weighted by Gasteiger charge is -2.46. The second-order valence-corrected chi connectivity index (χ2v) is 17.2. The van der Waals surface area contributed by atoms with E-state index in [9.17, 15) is 45.6 Å². The van der Waals surface area contributed by atoms with Crippen LogP contribution in [0.5, 0.6) is 0 Å². The number of amides is 1. The van der Waals surface area contributed by atoms with E-state index >= 15 is 0 Å². The molecule has 14 heteroatoms. The summed E-state index contributed by atoms with van der Waals surface area (Å²) in [4.78, 5) is 13.1. The summed E-state index contributed by atoms with van der Waals surface area (Å²) in [6.07, 6.45) is 16.9. The second kappa shape index (κ2) is 34.2. The van der Waals surface area contributed by atoms with Crippen molar-refractivity contribution in [1.29, 1.82) is 0 Å². The second-order valence-electron chi connectivity index (χ2n) is 17.2. The Labute approximate surface area is 361 Å². The van der Waals surface area contributed by atoms with Gasteiger partial charge in [-0.1, -0.05) is 167 Å². The van der Waals surface area contributed by atoms with Gasteiger partial charge in [0.1, 0.15) is 48.8 Å². The van der Waals surface area contributed by atoms with Crippen LogP contribution in [0.1, 0.15) is 181 Å². The van der Waals surface area contributed by atoms with E-state index < -0.39 is 86.8 Å². The zero-order valence-corrected chi connectivity index (χ0v) is 37.2. The number of nitrogens with one attached hydrogen (secondary N) is 1. The molecule has 14 nitrogen and oxygen atoms in total. The maximum absolute atomic E-state index is 13.1. The topological polar surface area (TPSA) is 228 Å². The number of hydrogen-bond donors (Lipinski definition) is 9. The first-order valence-electron chi connectivity index (χ1n) is 23.9. The zero-order chi connectivity index (χ0) is 44.0. The van der Waals surface area contributed by atoms with Gasteiger partial charge < -0.3 is 65.1 Å². The van der Waals surface area contributed by atoms with Gasteiger partial charge in [0.15, 0.2) is 12.6 Å². The quantitative estimate of drug-likeness (QED) is 0.0292. The predicted octanol–water partition coefficient (Wildman–Crippen LogP) is 5.21. The highest BCUT2D eigenvalue weighted by molar-refractivity contribution is 5.76. The molecule has 2 rings (SSSR count). The van der Waals surface area contributed by atoms with E-state index in [2.05, 4.69) is 19.2 Å². The fourth-order valence-electron chi connectivity index (χ4n) is 8.00. The van der Waals surface area contributed by atoms with Gasteiger partial charge in [-0.05, 0) is 19.3 Å². The summed E-state index contributed by atoms with van der Waals surface area (Å²) >= 11 is 0. The summed E-state index contributed by atoms with van der Waals surface area (Å²) < 4.78 is 22.6. The number of rotatable bonds is 36. The molecule has 0 saturated carbocycles. The number of aliphatic hydroxyl groups excluding tert-OH is 8. The number of ether oxygens (including phenoxy) is 4. The van der Waals surface area contributed by atoms with Gasteiger partial charge in [-0.3, -0.25) is 4.79 Å². The van der Waals surface area contributed by atoms with Gasteiger partial charge >= 0.3 is 0 Å². The number of carbonyl (C=O) groups is 1. The van der Waals surface area contributed by atoms with Crippen LogP contribution in [0.2, 0.25) is 0 Å². The molecule has 0 spiro atoms. The van der Waals surface area contributed by atoms with Gasteiger partial charge in [0.25, 0.3) is 0 Å². The van der Waals surface area contributed by atoms with Crippen LogP contribution in [0.25, 0.3) is 0 Å². The Balaban J connectivity index is 1.85. The Morgan fingerprint density at radius 1 is 0.583 bits per heavy atom. The number of aliphatic hydroxyl groups is 8. The summed E-state index contributed by atoms with van der Waals surface area (Å²) in [5.74, 6) is -0.240. The molecule has 0 aromatic rings. The maximum Gasteiger partial charge on any atom is 0.220 e. The van der Waals surface area contributed by atoms with Crippen molar-refractivity contribution in [3.8, 4) is 0 Å². The highest BCUT2D eigenvalue weighted by atomic mass is 16.7. The molecule has 9 N–H and O–H groups in total. The molecule has 1 amide bonds. The summed E-state index contributed by atoms with van der Waals surface area (Å²) in [6.45, 7) is 2.75. The normalized spacial score (nSPS) is 28.3.